The van der Waals surface area contributed by atoms with E-state index < -0.39 is 0 Å². The molecule has 0 aliphatic rings. The minimum absolute atomic E-state index is 0.681. The highest BCUT2D eigenvalue weighted by molar-refractivity contribution is 5.60. The van der Waals surface area contributed by atoms with Crippen LogP contribution in [0.25, 0.3) is 11.3 Å². The van der Waals surface area contributed by atoms with Gasteiger partial charge in [-0.1, -0.05) is 41.6 Å². The van der Waals surface area contributed by atoms with Gasteiger partial charge in [-0.15, -0.1) is 6.58 Å². The fourth-order valence-electron chi connectivity index (χ4n) is 1.27. The highest BCUT2D eigenvalue weighted by atomic mass is 16.5. The number of nitrogens with zero attached hydrogens (tertiary/aromatic N) is 1. The molecule has 15 heavy (non-hydrogen) atoms. The summed E-state index contributed by atoms with van der Waals surface area (Å²) in [6.07, 6.45) is 1.77. The fourth-order valence-corrected chi connectivity index (χ4v) is 1.27. The largest absolute Gasteiger partial charge is 0.364 e. The molecule has 0 aliphatic carbocycles. The molecule has 0 spiro atoms. The van der Waals surface area contributed by atoms with Crippen LogP contribution in [0.15, 0.2) is 53.6 Å². The van der Waals surface area contributed by atoms with Crippen LogP contribution in [0.4, 0.5) is 5.82 Å². The Kier molecular flexibility index (Phi) is 2.83. The molecular formula is C12H12N2O. The van der Waals surface area contributed by atoms with Crippen molar-refractivity contribution >= 4 is 5.82 Å². The van der Waals surface area contributed by atoms with Crippen LogP contribution in [0.2, 0.25) is 0 Å². The normalized spacial score (nSPS) is 9.87. The second kappa shape index (κ2) is 4.46. The molecular weight excluding hydrogens is 188 g/mol. The van der Waals surface area contributed by atoms with Crippen LogP contribution in [0, 0.1) is 0 Å². The third kappa shape index (κ3) is 2.26. The van der Waals surface area contributed by atoms with Gasteiger partial charge in [0.05, 0.1) is 0 Å². The minimum Gasteiger partial charge on any atom is -0.364 e. The second-order valence-electron chi connectivity index (χ2n) is 3.11. The van der Waals surface area contributed by atoms with Crippen molar-refractivity contribution in [3.8, 4) is 11.3 Å². The summed E-state index contributed by atoms with van der Waals surface area (Å²) >= 11 is 0. The molecule has 1 aromatic carbocycles. The van der Waals surface area contributed by atoms with Gasteiger partial charge < -0.3 is 9.84 Å². The highest BCUT2D eigenvalue weighted by Gasteiger charge is 2.04. The molecule has 3 nitrogen and oxygen atoms in total. The zero-order valence-corrected chi connectivity index (χ0v) is 8.31. The zero-order valence-electron chi connectivity index (χ0n) is 8.31. The molecule has 1 heterocycles. The molecule has 1 aromatic heterocycles. The quantitative estimate of drug-likeness (QED) is 0.771. The maximum Gasteiger partial charge on any atom is 0.170 e. The Hall–Kier alpha value is -2.03. The second-order valence-corrected chi connectivity index (χ2v) is 3.11. The zero-order chi connectivity index (χ0) is 10.5. The van der Waals surface area contributed by atoms with E-state index in [1.165, 1.54) is 0 Å². The van der Waals surface area contributed by atoms with Crippen molar-refractivity contribution in [2.45, 2.75) is 0 Å². The van der Waals surface area contributed by atoms with Crippen LogP contribution in [-0.4, -0.2) is 11.7 Å². The Morgan fingerprint density at radius 1 is 1.33 bits per heavy atom. The van der Waals surface area contributed by atoms with Crippen LogP contribution in [-0.2, 0) is 0 Å². The molecule has 0 bridgehead atoms. The third-order valence-electron chi connectivity index (χ3n) is 2.00. The van der Waals surface area contributed by atoms with Crippen LogP contribution in [0.1, 0.15) is 0 Å². The fraction of sp³-hybridized carbons (Fsp3) is 0.0833. The van der Waals surface area contributed by atoms with Crippen molar-refractivity contribution in [1.29, 1.82) is 0 Å². The van der Waals surface area contributed by atoms with E-state index in [1.807, 2.05) is 36.4 Å². The Labute approximate surface area is 88.4 Å². The summed E-state index contributed by atoms with van der Waals surface area (Å²) in [4.78, 5) is 0. The number of aromatic nitrogens is 1. The summed E-state index contributed by atoms with van der Waals surface area (Å²) in [6.45, 7) is 4.30. The first-order chi connectivity index (χ1) is 7.40. The first-order valence-electron chi connectivity index (χ1n) is 4.77. The molecule has 0 aliphatic heterocycles. The summed E-state index contributed by atoms with van der Waals surface area (Å²) in [5.41, 5.74) is 1.02. The van der Waals surface area contributed by atoms with Crippen LogP contribution < -0.4 is 5.32 Å². The summed E-state index contributed by atoms with van der Waals surface area (Å²) in [5, 5.41) is 6.96. The van der Waals surface area contributed by atoms with Crippen molar-refractivity contribution in [3.63, 3.8) is 0 Å². The third-order valence-corrected chi connectivity index (χ3v) is 2.00. The van der Waals surface area contributed by atoms with Crippen molar-refractivity contribution in [2.24, 2.45) is 0 Å². The van der Waals surface area contributed by atoms with E-state index in [4.69, 9.17) is 4.52 Å². The lowest BCUT2D eigenvalue weighted by Crippen LogP contribution is -1.96. The predicted molar refractivity (Wildman–Crippen MR) is 60.6 cm³/mol. The summed E-state index contributed by atoms with van der Waals surface area (Å²) in [5.74, 6) is 1.50. The molecule has 2 rings (SSSR count). The van der Waals surface area contributed by atoms with Gasteiger partial charge in [0.15, 0.2) is 11.6 Å². The maximum atomic E-state index is 5.20. The van der Waals surface area contributed by atoms with Crippen LogP contribution >= 0.6 is 0 Å². The number of benzene rings is 1. The number of hydrogen-bond acceptors (Lipinski definition) is 3. The molecule has 0 saturated carbocycles. The van der Waals surface area contributed by atoms with Crippen LogP contribution in [0.5, 0.6) is 0 Å². The number of hydrogen-bond donors (Lipinski definition) is 1. The first kappa shape index (κ1) is 9.52. The number of anilines is 1. The smallest absolute Gasteiger partial charge is 0.170 e. The van der Waals surface area contributed by atoms with Crippen molar-refractivity contribution in [2.75, 3.05) is 11.9 Å². The van der Waals surface area contributed by atoms with Gasteiger partial charge in [-0.2, -0.15) is 0 Å². The molecule has 76 valence electrons. The lowest BCUT2D eigenvalue weighted by molar-refractivity contribution is 0.435. The Morgan fingerprint density at radius 3 is 2.87 bits per heavy atom. The Bertz CT molecular complexity index is 434. The average molecular weight is 200 g/mol. The first-order valence-corrected chi connectivity index (χ1v) is 4.77. The Balaban J connectivity index is 2.17. The van der Waals surface area contributed by atoms with Gasteiger partial charge in [0.1, 0.15) is 0 Å². The predicted octanol–water partition coefficient (Wildman–Crippen LogP) is 2.94. The van der Waals surface area contributed by atoms with E-state index in [-0.39, 0.29) is 0 Å². The molecule has 2 aromatic rings. The van der Waals surface area contributed by atoms with Crippen molar-refractivity contribution in [1.82, 2.24) is 5.16 Å². The standard InChI is InChI=1S/C12H12N2O/c1-2-8-13-12-9-11(15-14-12)10-6-4-3-5-7-10/h2-7,9H,1,8H2,(H,13,14). The summed E-state index contributed by atoms with van der Waals surface area (Å²) in [7, 11) is 0. The molecule has 0 atom stereocenters. The van der Waals surface area contributed by atoms with Gasteiger partial charge in [-0.05, 0) is 0 Å². The van der Waals surface area contributed by atoms with Gasteiger partial charge in [0.25, 0.3) is 0 Å². The topological polar surface area (TPSA) is 38.1 Å². The van der Waals surface area contributed by atoms with E-state index in [1.54, 1.807) is 6.08 Å². The molecule has 3 heteroatoms. The Morgan fingerprint density at radius 2 is 2.13 bits per heavy atom. The van der Waals surface area contributed by atoms with E-state index in [9.17, 15) is 0 Å². The molecule has 0 saturated heterocycles. The molecule has 0 fully saturated rings. The summed E-state index contributed by atoms with van der Waals surface area (Å²) in [6, 6.07) is 11.7. The van der Waals surface area contributed by atoms with E-state index in [0.29, 0.717) is 6.54 Å². The molecule has 0 amide bonds. The van der Waals surface area contributed by atoms with Crippen LogP contribution in [0.3, 0.4) is 0 Å². The lowest BCUT2D eigenvalue weighted by atomic mass is 10.2. The maximum absolute atomic E-state index is 5.20. The van der Waals surface area contributed by atoms with E-state index >= 15 is 0 Å². The van der Waals surface area contributed by atoms with Gasteiger partial charge in [0, 0.05) is 18.2 Å². The minimum atomic E-state index is 0.681. The lowest BCUT2D eigenvalue weighted by Gasteiger charge is -1.93. The van der Waals surface area contributed by atoms with Gasteiger partial charge in [-0.25, -0.2) is 0 Å². The highest BCUT2D eigenvalue weighted by Crippen LogP contribution is 2.21. The van der Waals surface area contributed by atoms with Gasteiger partial charge in [-0.3, -0.25) is 0 Å². The van der Waals surface area contributed by atoms with E-state index in [0.717, 1.165) is 17.1 Å². The van der Waals surface area contributed by atoms with Gasteiger partial charge in [0.2, 0.25) is 0 Å². The van der Waals surface area contributed by atoms with Crippen molar-refractivity contribution in [3.05, 3.63) is 49.1 Å². The SMILES string of the molecule is C=CCNc1cc(-c2ccccc2)on1. The molecule has 1 N–H and O–H groups in total. The molecule has 0 radical (unpaired) electrons. The monoisotopic (exact) mass is 200 g/mol. The summed E-state index contributed by atoms with van der Waals surface area (Å²) < 4.78 is 5.20. The average Bonchev–Trinajstić information content (AvgIpc) is 2.76. The van der Waals surface area contributed by atoms with Gasteiger partial charge >= 0.3 is 0 Å². The van der Waals surface area contributed by atoms with E-state index in [2.05, 4.69) is 17.1 Å². The van der Waals surface area contributed by atoms with Crippen molar-refractivity contribution < 1.29 is 4.52 Å². The molecule has 0 unspecified atom stereocenters. The number of rotatable bonds is 4. The number of nitrogens with one attached hydrogen (secondary N) is 1.